The van der Waals surface area contributed by atoms with Crippen LogP contribution in [0.25, 0.3) is 0 Å². The first-order valence-electron chi connectivity index (χ1n) is 16.9. The number of hydrogen-bond donors (Lipinski definition) is 1. The van der Waals surface area contributed by atoms with Gasteiger partial charge in [-0.1, -0.05) is 31.2 Å². The lowest BCUT2D eigenvalue weighted by atomic mass is 9.87. The number of nitrogens with one attached hydrogen (secondary N) is 1. The Labute approximate surface area is 285 Å². The third-order valence-electron chi connectivity index (χ3n) is 9.71. The number of benzene rings is 3. The number of urea groups is 1. The minimum Gasteiger partial charge on any atom is -0.493 e. The number of hydrogen-bond acceptors (Lipinski definition) is 8. The Hall–Kier alpha value is -4.59. The SMILES string of the molecule is CC[C@@H](C)N1C(=O)N(c2ccccc2)C(N2CCNCC2)N1c1ccc(OCC2COC(Cn3cncn3)(c3ccc(F)cc3F)C2)cc1. The minimum absolute atomic E-state index is 0.0337. The molecule has 11 nitrogen and oxygen atoms in total. The second-order valence-electron chi connectivity index (χ2n) is 13.0. The van der Waals surface area contributed by atoms with Crippen molar-refractivity contribution in [2.75, 3.05) is 49.3 Å². The normalized spacial score (nSPS) is 23.8. The number of hydrazine groups is 1. The number of aromatic nitrogens is 3. The van der Waals surface area contributed by atoms with Crippen LogP contribution in [0.3, 0.4) is 0 Å². The van der Waals surface area contributed by atoms with Gasteiger partial charge in [0.15, 0.2) is 6.29 Å². The Balaban J connectivity index is 1.11. The Morgan fingerprint density at radius 1 is 1.04 bits per heavy atom. The largest absolute Gasteiger partial charge is 0.493 e. The smallest absolute Gasteiger partial charge is 0.346 e. The molecule has 3 fully saturated rings. The van der Waals surface area contributed by atoms with E-state index in [4.69, 9.17) is 9.47 Å². The monoisotopic (exact) mass is 672 g/mol. The highest BCUT2D eigenvalue weighted by Crippen LogP contribution is 2.42. The van der Waals surface area contributed by atoms with E-state index < -0.39 is 17.2 Å². The third-order valence-corrected chi connectivity index (χ3v) is 9.71. The van der Waals surface area contributed by atoms with E-state index in [2.05, 4.69) is 39.2 Å². The second kappa shape index (κ2) is 14.1. The molecule has 0 aliphatic carbocycles. The van der Waals surface area contributed by atoms with Crippen molar-refractivity contribution in [2.24, 2.45) is 5.92 Å². The maximum atomic E-state index is 15.1. The molecule has 0 spiro atoms. The number of ether oxygens (including phenoxy) is 2. The van der Waals surface area contributed by atoms with Crippen LogP contribution >= 0.6 is 0 Å². The van der Waals surface area contributed by atoms with Gasteiger partial charge in [0.25, 0.3) is 0 Å². The van der Waals surface area contributed by atoms with Gasteiger partial charge in [0.05, 0.1) is 31.5 Å². The van der Waals surface area contributed by atoms with Crippen LogP contribution in [0.2, 0.25) is 0 Å². The zero-order valence-corrected chi connectivity index (χ0v) is 27.8. The number of amides is 2. The van der Waals surface area contributed by atoms with E-state index in [1.807, 2.05) is 64.5 Å². The molecule has 4 atom stereocenters. The van der Waals surface area contributed by atoms with Crippen LogP contribution in [0.5, 0.6) is 5.75 Å². The third kappa shape index (κ3) is 6.57. The minimum atomic E-state index is -1.05. The van der Waals surface area contributed by atoms with Crippen molar-refractivity contribution in [3.63, 3.8) is 0 Å². The van der Waals surface area contributed by atoms with Gasteiger partial charge in [0.2, 0.25) is 0 Å². The number of para-hydroxylation sites is 1. The molecular formula is C36H42F2N8O3. The van der Waals surface area contributed by atoms with Crippen molar-refractivity contribution in [1.82, 2.24) is 30.0 Å². The lowest BCUT2D eigenvalue weighted by molar-refractivity contribution is -0.0206. The van der Waals surface area contributed by atoms with Gasteiger partial charge < -0.3 is 14.8 Å². The average Bonchev–Trinajstić information content (AvgIpc) is 3.86. The van der Waals surface area contributed by atoms with Crippen molar-refractivity contribution in [3.05, 3.63) is 103 Å². The van der Waals surface area contributed by atoms with Crippen LogP contribution in [0.4, 0.5) is 25.0 Å². The molecule has 1 N–H and O–H groups in total. The number of carbonyl (C=O) groups is 1. The lowest BCUT2D eigenvalue weighted by Crippen LogP contribution is -2.59. The average molecular weight is 673 g/mol. The summed E-state index contributed by atoms with van der Waals surface area (Å²) >= 11 is 0. The van der Waals surface area contributed by atoms with Crippen LogP contribution in [0.1, 0.15) is 32.3 Å². The van der Waals surface area contributed by atoms with Crippen LogP contribution in [-0.4, -0.2) is 82.4 Å². The zero-order chi connectivity index (χ0) is 34.0. The summed E-state index contributed by atoms with van der Waals surface area (Å²) < 4.78 is 43.0. The molecular weight excluding hydrogens is 630 g/mol. The Kier molecular flexibility index (Phi) is 9.48. The topological polar surface area (TPSA) is 91.2 Å². The maximum absolute atomic E-state index is 15.1. The summed E-state index contributed by atoms with van der Waals surface area (Å²) in [6.07, 6.45) is 3.89. The van der Waals surface area contributed by atoms with Gasteiger partial charge in [-0.25, -0.2) is 33.3 Å². The first-order valence-corrected chi connectivity index (χ1v) is 16.9. The van der Waals surface area contributed by atoms with E-state index >= 15 is 4.39 Å². The highest BCUT2D eigenvalue weighted by molar-refractivity contribution is 5.97. The molecule has 3 saturated heterocycles. The van der Waals surface area contributed by atoms with Crippen molar-refractivity contribution in [2.45, 2.75) is 51.2 Å². The molecule has 3 unspecified atom stereocenters. The van der Waals surface area contributed by atoms with E-state index in [0.29, 0.717) is 25.4 Å². The predicted octanol–water partition coefficient (Wildman–Crippen LogP) is 5.22. The number of rotatable bonds is 11. The van der Waals surface area contributed by atoms with Gasteiger partial charge in [-0.2, -0.15) is 5.10 Å². The van der Waals surface area contributed by atoms with Gasteiger partial charge in [-0.15, -0.1) is 0 Å². The summed E-state index contributed by atoms with van der Waals surface area (Å²) in [4.78, 5) is 22.5. The molecule has 3 aliphatic heterocycles. The van der Waals surface area contributed by atoms with Crippen LogP contribution < -0.4 is 20.0 Å². The second-order valence-corrected chi connectivity index (χ2v) is 13.0. The fourth-order valence-electron chi connectivity index (χ4n) is 7.11. The molecule has 7 rings (SSSR count). The van der Waals surface area contributed by atoms with Crippen molar-refractivity contribution >= 4 is 17.4 Å². The fraction of sp³-hybridized carbons (Fsp3) is 0.417. The predicted molar refractivity (Wildman–Crippen MR) is 181 cm³/mol. The summed E-state index contributed by atoms with van der Waals surface area (Å²) in [5.74, 6) is -0.684. The van der Waals surface area contributed by atoms with Gasteiger partial charge in [-0.05, 0) is 62.2 Å². The Bertz CT molecular complexity index is 1710. The summed E-state index contributed by atoms with van der Waals surface area (Å²) in [6, 6.07) is 21.2. The van der Waals surface area contributed by atoms with E-state index in [0.717, 1.165) is 50.0 Å². The number of carbonyl (C=O) groups excluding carboxylic acids is 1. The molecule has 3 aromatic carbocycles. The molecule has 49 heavy (non-hydrogen) atoms. The molecule has 3 aliphatic rings. The van der Waals surface area contributed by atoms with Crippen LogP contribution in [-0.2, 0) is 16.9 Å². The maximum Gasteiger partial charge on any atom is 0.346 e. The van der Waals surface area contributed by atoms with Gasteiger partial charge >= 0.3 is 6.03 Å². The van der Waals surface area contributed by atoms with Gasteiger partial charge in [-0.3, -0.25) is 9.80 Å². The summed E-state index contributed by atoms with van der Waals surface area (Å²) in [5.41, 5.74) is 0.969. The highest BCUT2D eigenvalue weighted by atomic mass is 19.1. The van der Waals surface area contributed by atoms with Crippen molar-refractivity contribution < 1.29 is 23.0 Å². The van der Waals surface area contributed by atoms with E-state index in [9.17, 15) is 9.18 Å². The zero-order valence-electron chi connectivity index (χ0n) is 27.8. The number of piperazine rings is 1. The molecule has 0 bridgehead atoms. The van der Waals surface area contributed by atoms with Crippen molar-refractivity contribution in [3.8, 4) is 5.75 Å². The Morgan fingerprint density at radius 3 is 2.51 bits per heavy atom. The molecule has 0 radical (unpaired) electrons. The molecule has 258 valence electrons. The quantitative estimate of drug-likeness (QED) is 0.232. The lowest BCUT2D eigenvalue weighted by Gasteiger charge is -2.42. The molecule has 0 saturated carbocycles. The number of nitrogens with zero attached hydrogens (tertiary/aromatic N) is 7. The van der Waals surface area contributed by atoms with Crippen LogP contribution in [0.15, 0.2) is 85.5 Å². The van der Waals surface area contributed by atoms with Crippen LogP contribution in [0, 0.1) is 17.6 Å². The van der Waals surface area contributed by atoms with Gasteiger partial charge in [0.1, 0.15) is 35.6 Å². The van der Waals surface area contributed by atoms with Crippen molar-refractivity contribution in [1.29, 1.82) is 0 Å². The summed E-state index contributed by atoms with van der Waals surface area (Å²) in [7, 11) is 0. The molecule has 4 heterocycles. The first-order chi connectivity index (χ1) is 23.9. The number of anilines is 2. The van der Waals surface area contributed by atoms with E-state index in [1.165, 1.54) is 18.5 Å². The highest BCUT2D eigenvalue weighted by Gasteiger charge is 2.50. The molecule has 1 aromatic heterocycles. The first kappa shape index (κ1) is 32.9. The standard InChI is InChI=1S/C36H42F2N8O3/c1-3-26(2)45-35(47)44(29-7-5-4-6-8-29)34(42-17-15-39-16-18-42)46(45)30-10-12-31(13-11-30)48-21-27-20-36(49-22-27,23-43-25-40-24-41-43)32-14-9-28(37)19-33(32)38/h4-14,19,24-27,34,39H,3,15-18,20-23H2,1-2H3/t26-,27?,34?,36?/m1/s1. The molecule has 4 aromatic rings. The van der Waals surface area contributed by atoms with E-state index in [-0.39, 0.29) is 36.4 Å². The van der Waals surface area contributed by atoms with Gasteiger partial charge in [0, 0.05) is 49.4 Å². The molecule has 13 heteroatoms. The number of halogens is 2. The summed E-state index contributed by atoms with van der Waals surface area (Å²) in [5, 5.41) is 11.6. The van der Waals surface area contributed by atoms with E-state index in [1.54, 1.807) is 11.0 Å². The molecule has 2 amide bonds. The Morgan fingerprint density at radius 2 is 1.82 bits per heavy atom. The fourth-order valence-corrected chi connectivity index (χ4v) is 7.11. The summed E-state index contributed by atoms with van der Waals surface area (Å²) in [6.45, 7) is 8.38.